The summed E-state index contributed by atoms with van der Waals surface area (Å²) in [6.45, 7) is 5.63. The molecule has 2 amide bonds. The summed E-state index contributed by atoms with van der Waals surface area (Å²) in [7, 11) is 0. The number of hydrogen-bond acceptors (Lipinski definition) is 2. The number of hydrogen-bond donors (Lipinski definition) is 1. The van der Waals surface area contributed by atoms with Crippen molar-refractivity contribution in [2.45, 2.75) is 45.8 Å². The Balaban J connectivity index is 2.22. The Kier molecular flexibility index (Phi) is 7.36. The second-order valence-corrected chi connectivity index (χ2v) is 7.23. The molecule has 2 aromatic rings. The van der Waals surface area contributed by atoms with E-state index in [-0.39, 0.29) is 36.6 Å². The maximum atomic E-state index is 13.2. The number of halogens is 2. The molecule has 6 heteroatoms. The Labute approximate surface area is 164 Å². The van der Waals surface area contributed by atoms with Gasteiger partial charge in [-0.05, 0) is 56.2 Å². The van der Waals surface area contributed by atoms with Gasteiger partial charge in [0, 0.05) is 17.6 Å². The van der Waals surface area contributed by atoms with E-state index < -0.39 is 6.04 Å². The summed E-state index contributed by atoms with van der Waals surface area (Å²) in [5, 5.41) is 3.38. The maximum Gasteiger partial charge on any atom is 0.242 e. The number of carbonyl (C=O) groups excluding carboxylic acids is 2. The van der Waals surface area contributed by atoms with Gasteiger partial charge in [-0.2, -0.15) is 0 Å². The van der Waals surface area contributed by atoms with Gasteiger partial charge < -0.3 is 10.2 Å². The van der Waals surface area contributed by atoms with Gasteiger partial charge in [0.05, 0.1) is 6.42 Å². The van der Waals surface area contributed by atoms with Crippen molar-refractivity contribution in [1.82, 2.24) is 10.2 Å². The van der Waals surface area contributed by atoms with Crippen LogP contribution in [-0.2, 0) is 22.6 Å². The van der Waals surface area contributed by atoms with Gasteiger partial charge in [0.2, 0.25) is 11.8 Å². The quantitative estimate of drug-likeness (QED) is 0.777. The minimum Gasteiger partial charge on any atom is -0.352 e. The molecule has 2 aromatic carbocycles. The van der Waals surface area contributed by atoms with Crippen LogP contribution in [-0.4, -0.2) is 28.8 Å². The second kappa shape index (κ2) is 9.51. The number of nitrogens with zero attached hydrogens (tertiary/aromatic N) is 1. The number of nitrogens with one attached hydrogen (secondary N) is 1. The summed E-state index contributed by atoms with van der Waals surface area (Å²) in [5.41, 5.74) is 1.52. The molecule has 0 saturated carbocycles. The minimum atomic E-state index is -0.663. The van der Waals surface area contributed by atoms with Crippen LogP contribution in [0.5, 0.6) is 0 Å². The van der Waals surface area contributed by atoms with Crippen LogP contribution < -0.4 is 5.32 Å². The molecule has 1 atom stereocenters. The number of carbonyl (C=O) groups is 2. The van der Waals surface area contributed by atoms with Crippen LogP contribution in [0, 0.1) is 5.82 Å². The first kappa shape index (κ1) is 20.9. The Morgan fingerprint density at radius 2 is 1.74 bits per heavy atom. The molecule has 0 fully saturated rings. The zero-order chi connectivity index (χ0) is 20.0. The van der Waals surface area contributed by atoms with Crippen LogP contribution in [0.3, 0.4) is 0 Å². The maximum absolute atomic E-state index is 13.2. The zero-order valence-corrected chi connectivity index (χ0v) is 16.5. The molecule has 0 bridgehead atoms. The van der Waals surface area contributed by atoms with E-state index in [1.807, 2.05) is 19.9 Å². The first-order valence-electron chi connectivity index (χ1n) is 8.85. The average Bonchev–Trinajstić information content (AvgIpc) is 2.60. The molecule has 0 saturated heterocycles. The molecular formula is C21H24ClFN2O2. The van der Waals surface area contributed by atoms with E-state index in [1.54, 1.807) is 37.3 Å². The van der Waals surface area contributed by atoms with E-state index >= 15 is 0 Å². The largest absolute Gasteiger partial charge is 0.352 e. The Morgan fingerprint density at radius 1 is 1.07 bits per heavy atom. The summed E-state index contributed by atoms with van der Waals surface area (Å²) in [6.07, 6.45) is 0.126. The van der Waals surface area contributed by atoms with Crippen molar-refractivity contribution in [3.05, 3.63) is 70.5 Å². The van der Waals surface area contributed by atoms with Crippen LogP contribution >= 0.6 is 11.6 Å². The molecule has 2 rings (SSSR count). The first-order valence-corrected chi connectivity index (χ1v) is 9.23. The molecule has 1 N–H and O–H groups in total. The topological polar surface area (TPSA) is 49.4 Å². The fourth-order valence-electron chi connectivity index (χ4n) is 2.70. The van der Waals surface area contributed by atoms with E-state index in [0.717, 1.165) is 11.1 Å². The lowest BCUT2D eigenvalue weighted by molar-refractivity contribution is -0.140. The lowest BCUT2D eigenvalue weighted by Gasteiger charge is -2.29. The van der Waals surface area contributed by atoms with Gasteiger partial charge in [-0.1, -0.05) is 35.9 Å². The molecule has 0 aliphatic rings. The Hall–Kier alpha value is -2.40. The van der Waals surface area contributed by atoms with Crippen LogP contribution in [0.25, 0.3) is 0 Å². The van der Waals surface area contributed by atoms with Gasteiger partial charge in [-0.15, -0.1) is 0 Å². The first-order chi connectivity index (χ1) is 12.8. The van der Waals surface area contributed by atoms with Gasteiger partial charge in [0.25, 0.3) is 0 Å². The summed E-state index contributed by atoms with van der Waals surface area (Å²) in [4.78, 5) is 26.9. The number of amides is 2. The standard InChI is InChI=1S/C21H24ClFN2O2/c1-14(2)24-21(27)15(3)25(13-16-7-9-19(23)10-8-16)20(26)12-17-5-4-6-18(22)11-17/h4-11,14-15H,12-13H2,1-3H3,(H,24,27)/t15-/m1/s1. The minimum absolute atomic E-state index is 0.0318. The highest BCUT2D eigenvalue weighted by molar-refractivity contribution is 6.30. The number of benzene rings is 2. The van der Waals surface area contributed by atoms with Gasteiger partial charge >= 0.3 is 0 Å². The predicted molar refractivity (Wildman–Crippen MR) is 105 cm³/mol. The molecule has 144 valence electrons. The van der Waals surface area contributed by atoms with Gasteiger partial charge in [-0.25, -0.2) is 4.39 Å². The third-order valence-electron chi connectivity index (χ3n) is 4.11. The molecule has 27 heavy (non-hydrogen) atoms. The van der Waals surface area contributed by atoms with Crippen molar-refractivity contribution in [1.29, 1.82) is 0 Å². The number of rotatable bonds is 7. The molecule has 4 nitrogen and oxygen atoms in total. The highest BCUT2D eigenvalue weighted by atomic mass is 35.5. The van der Waals surface area contributed by atoms with Crippen LogP contribution in [0.1, 0.15) is 31.9 Å². The van der Waals surface area contributed by atoms with Crippen molar-refractivity contribution in [3.63, 3.8) is 0 Å². The fraction of sp³-hybridized carbons (Fsp3) is 0.333. The highest BCUT2D eigenvalue weighted by Crippen LogP contribution is 2.15. The van der Waals surface area contributed by atoms with Gasteiger partial charge in [-0.3, -0.25) is 9.59 Å². The highest BCUT2D eigenvalue weighted by Gasteiger charge is 2.26. The summed E-state index contributed by atoms with van der Waals surface area (Å²) < 4.78 is 13.2. The lowest BCUT2D eigenvalue weighted by Crippen LogP contribution is -2.49. The molecule has 0 aliphatic carbocycles. The molecule has 0 spiro atoms. The molecule has 0 aliphatic heterocycles. The smallest absolute Gasteiger partial charge is 0.242 e. The van der Waals surface area contributed by atoms with Crippen molar-refractivity contribution in [3.8, 4) is 0 Å². The fourth-order valence-corrected chi connectivity index (χ4v) is 2.91. The normalized spacial score (nSPS) is 11.9. The molecule has 0 unspecified atom stereocenters. The van der Waals surface area contributed by atoms with E-state index in [9.17, 15) is 14.0 Å². The summed E-state index contributed by atoms with van der Waals surface area (Å²) >= 11 is 6.00. The molecular weight excluding hydrogens is 367 g/mol. The molecule has 0 heterocycles. The molecule has 0 radical (unpaired) electrons. The summed E-state index contributed by atoms with van der Waals surface area (Å²) in [5.74, 6) is -0.777. The third kappa shape index (κ3) is 6.36. The molecule has 0 aromatic heterocycles. The van der Waals surface area contributed by atoms with Crippen LogP contribution in [0.15, 0.2) is 48.5 Å². The zero-order valence-electron chi connectivity index (χ0n) is 15.7. The summed E-state index contributed by atoms with van der Waals surface area (Å²) in [6, 6.07) is 12.3. The van der Waals surface area contributed by atoms with Crippen LogP contribution in [0.2, 0.25) is 5.02 Å². The SMILES string of the molecule is CC(C)NC(=O)[C@@H](C)N(Cc1ccc(F)cc1)C(=O)Cc1cccc(Cl)c1. The van der Waals surface area contributed by atoms with Crippen molar-refractivity contribution >= 4 is 23.4 Å². The van der Waals surface area contributed by atoms with Gasteiger partial charge in [0.1, 0.15) is 11.9 Å². The van der Waals surface area contributed by atoms with E-state index in [2.05, 4.69) is 5.32 Å². The predicted octanol–water partition coefficient (Wildman–Crippen LogP) is 3.96. The van der Waals surface area contributed by atoms with Crippen molar-refractivity contribution < 1.29 is 14.0 Å². The van der Waals surface area contributed by atoms with Crippen molar-refractivity contribution in [2.24, 2.45) is 0 Å². The van der Waals surface area contributed by atoms with Crippen molar-refractivity contribution in [2.75, 3.05) is 0 Å². The van der Waals surface area contributed by atoms with Crippen LogP contribution in [0.4, 0.5) is 4.39 Å². The Bertz CT molecular complexity index is 793. The third-order valence-corrected chi connectivity index (χ3v) is 4.34. The van der Waals surface area contributed by atoms with E-state index in [0.29, 0.717) is 5.02 Å². The average molecular weight is 391 g/mol. The lowest BCUT2D eigenvalue weighted by atomic mass is 10.1. The monoisotopic (exact) mass is 390 g/mol. The second-order valence-electron chi connectivity index (χ2n) is 6.79. The van der Waals surface area contributed by atoms with Gasteiger partial charge in [0.15, 0.2) is 0 Å². The Morgan fingerprint density at radius 3 is 2.33 bits per heavy atom. The van der Waals surface area contributed by atoms with E-state index in [4.69, 9.17) is 11.6 Å². The van der Waals surface area contributed by atoms with E-state index in [1.165, 1.54) is 17.0 Å².